The van der Waals surface area contributed by atoms with Crippen molar-refractivity contribution in [2.75, 3.05) is 0 Å². The number of carbonyl (C=O) groups is 1. The molecule has 1 nitrogen and oxygen atoms in total. The molecule has 2 aromatic carbocycles. The molecule has 2 aromatic rings. The summed E-state index contributed by atoms with van der Waals surface area (Å²) in [5.41, 5.74) is 2.47. The van der Waals surface area contributed by atoms with Crippen LogP contribution in [0, 0.1) is 0 Å². The number of hydrogen-bond donors (Lipinski definition) is 0. The summed E-state index contributed by atoms with van der Waals surface area (Å²) in [6, 6.07) is 13.1. The second kappa shape index (κ2) is 4.81. The van der Waals surface area contributed by atoms with Crippen molar-refractivity contribution in [2.45, 2.75) is 0 Å². The number of benzene rings is 2. The summed E-state index contributed by atoms with van der Waals surface area (Å²) in [4.78, 5) is 11.0. The molecule has 2 rings (SSSR count). The Labute approximate surface area is 107 Å². The maximum Gasteiger partial charge on any atom is 0.150 e. The van der Waals surface area contributed by atoms with Crippen LogP contribution in [-0.4, -0.2) is 6.29 Å². The van der Waals surface area contributed by atoms with Gasteiger partial charge in [-0.3, -0.25) is 4.79 Å². The van der Waals surface area contributed by atoms with E-state index in [0.717, 1.165) is 21.9 Å². The third-order valence-corrected chi connectivity index (χ3v) is 3.23. The lowest BCUT2D eigenvalue weighted by molar-refractivity contribution is 0.112. The van der Waals surface area contributed by atoms with Gasteiger partial charge in [-0.05, 0) is 29.3 Å². The van der Waals surface area contributed by atoms with Crippen molar-refractivity contribution in [2.24, 2.45) is 0 Å². The first kappa shape index (κ1) is 11.4. The van der Waals surface area contributed by atoms with Crippen LogP contribution in [0.5, 0.6) is 0 Å². The van der Waals surface area contributed by atoms with Crippen molar-refractivity contribution < 1.29 is 4.79 Å². The van der Waals surface area contributed by atoms with Crippen LogP contribution in [0.15, 0.2) is 46.9 Å². The average molecular weight is 296 g/mol. The van der Waals surface area contributed by atoms with Gasteiger partial charge in [0, 0.05) is 15.1 Å². The molecule has 0 heterocycles. The molecule has 16 heavy (non-hydrogen) atoms. The van der Waals surface area contributed by atoms with E-state index in [2.05, 4.69) is 15.9 Å². The lowest BCUT2D eigenvalue weighted by atomic mass is 10.0. The van der Waals surface area contributed by atoms with Gasteiger partial charge in [-0.15, -0.1) is 0 Å². The van der Waals surface area contributed by atoms with Crippen molar-refractivity contribution in [3.05, 3.63) is 57.5 Å². The normalized spacial score (nSPS) is 10.1. The van der Waals surface area contributed by atoms with Gasteiger partial charge in [-0.2, -0.15) is 0 Å². The van der Waals surface area contributed by atoms with Crippen molar-refractivity contribution in [3.63, 3.8) is 0 Å². The van der Waals surface area contributed by atoms with Gasteiger partial charge >= 0.3 is 0 Å². The van der Waals surface area contributed by atoms with Gasteiger partial charge in [0.2, 0.25) is 0 Å². The zero-order chi connectivity index (χ0) is 11.5. The number of aldehydes is 1. The van der Waals surface area contributed by atoms with Gasteiger partial charge in [-0.25, -0.2) is 0 Å². The summed E-state index contributed by atoms with van der Waals surface area (Å²) in [5, 5.41) is 0.568. The molecule has 3 heteroatoms. The Hall–Kier alpha value is -1.12. The van der Waals surface area contributed by atoms with Crippen LogP contribution >= 0.6 is 27.5 Å². The van der Waals surface area contributed by atoms with E-state index in [-0.39, 0.29) is 0 Å². The van der Waals surface area contributed by atoms with E-state index in [4.69, 9.17) is 11.6 Å². The second-order valence-electron chi connectivity index (χ2n) is 3.33. The largest absolute Gasteiger partial charge is 0.298 e. The monoisotopic (exact) mass is 294 g/mol. The number of carbonyl (C=O) groups excluding carboxylic acids is 1. The maximum atomic E-state index is 11.0. The van der Waals surface area contributed by atoms with E-state index in [0.29, 0.717) is 10.6 Å². The van der Waals surface area contributed by atoms with Crippen molar-refractivity contribution in [3.8, 4) is 11.1 Å². The molecule has 0 aliphatic heterocycles. The van der Waals surface area contributed by atoms with Crippen molar-refractivity contribution >= 4 is 33.8 Å². The molecule has 0 amide bonds. The second-order valence-corrected chi connectivity index (χ2v) is 4.62. The first-order chi connectivity index (χ1) is 7.72. The zero-order valence-corrected chi connectivity index (χ0v) is 10.6. The summed E-state index contributed by atoms with van der Waals surface area (Å²) in [6.07, 6.45) is 0.820. The molecule has 0 aliphatic rings. The minimum Gasteiger partial charge on any atom is -0.298 e. The molecule has 0 aromatic heterocycles. The van der Waals surface area contributed by atoms with Crippen LogP contribution < -0.4 is 0 Å². The van der Waals surface area contributed by atoms with Gasteiger partial charge < -0.3 is 0 Å². The summed E-state index contributed by atoms with van der Waals surface area (Å²) in [6.45, 7) is 0. The molecule has 0 radical (unpaired) electrons. The van der Waals surface area contributed by atoms with Crippen LogP contribution in [0.4, 0.5) is 0 Å². The lowest BCUT2D eigenvalue weighted by Gasteiger charge is -2.07. The Morgan fingerprint density at radius 1 is 1.06 bits per heavy atom. The molecule has 0 saturated heterocycles. The molecule has 0 fully saturated rings. The zero-order valence-electron chi connectivity index (χ0n) is 8.28. The average Bonchev–Trinajstić information content (AvgIpc) is 2.30. The Morgan fingerprint density at radius 3 is 2.50 bits per heavy atom. The summed E-state index contributed by atoms with van der Waals surface area (Å²) in [5.74, 6) is 0. The van der Waals surface area contributed by atoms with Crippen LogP contribution in [0.3, 0.4) is 0 Å². The molecule has 0 saturated carbocycles. The molecule has 0 spiro atoms. The van der Waals surface area contributed by atoms with E-state index >= 15 is 0 Å². The van der Waals surface area contributed by atoms with Gasteiger partial charge in [-0.1, -0.05) is 51.8 Å². The van der Waals surface area contributed by atoms with Crippen LogP contribution in [0.1, 0.15) is 10.4 Å². The fourth-order valence-corrected chi connectivity index (χ4v) is 2.23. The Kier molecular flexibility index (Phi) is 3.42. The minimum absolute atomic E-state index is 0.568. The number of halogens is 2. The molecule has 0 aliphatic carbocycles. The Morgan fingerprint density at radius 2 is 1.81 bits per heavy atom. The third-order valence-electron chi connectivity index (χ3n) is 2.30. The summed E-state index contributed by atoms with van der Waals surface area (Å²) >= 11 is 9.32. The fraction of sp³-hybridized carbons (Fsp3) is 0. The smallest absolute Gasteiger partial charge is 0.150 e. The van der Waals surface area contributed by atoms with Gasteiger partial charge in [0.1, 0.15) is 0 Å². The van der Waals surface area contributed by atoms with Crippen LogP contribution in [0.2, 0.25) is 5.02 Å². The molecule has 0 unspecified atom stereocenters. The Bertz CT molecular complexity index is 537. The standard InChI is InChI=1S/C13H8BrClO/c14-13-4-2-1-3-12(13)11-6-5-10(15)7-9(11)8-16/h1-8H. The summed E-state index contributed by atoms with van der Waals surface area (Å²) in [7, 11) is 0. The summed E-state index contributed by atoms with van der Waals surface area (Å²) < 4.78 is 0.959. The van der Waals surface area contributed by atoms with E-state index in [1.54, 1.807) is 12.1 Å². The number of hydrogen-bond acceptors (Lipinski definition) is 1. The molecule has 0 N–H and O–H groups in total. The van der Waals surface area contributed by atoms with E-state index in [9.17, 15) is 4.79 Å². The first-order valence-corrected chi connectivity index (χ1v) is 5.89. The molecule has 80 valence electrons. The van der Waals surface area contributed by atoms with Crippen LogP contribution in [-0.2, 0) is 0 Å². The van der Waals surface area contributed by atoms with E-state index in [1.807, 2.05) is 30.3 Å². The maximum absolute atomic E-state index is 11.0. The van der Waals surface area contributed by atoms with E-state index < -0.39 is 0 Å². The highest BCUT2D eigenvalue weighted by molar-refractivity contribution is 9.10. The van der Waals surface area contributed by atoms with Gasteiger partial charge in [0.15, 0.2) is 6.29 Å². The van der Waals surface area contributed by atoms with Gasteiger partial charge in [0.05, 0.1) is 0 Å². The van der Waals surface area contributed by atoms with E-state index in [1.165, 1.54) is 0 Å². The highest BCUT2D eigenvalue weighted by atomic mass is 79.9. The number of rotatable bonds is 2. The minimum atomic E-state index is 0.568. The highest BCUT2D eigenvalue weighted by Crippen LogP contribution is 2.31. The predicted molar refractivity (Wildman–Crippen MR) is 70.0 cm³/mol. The molecular formula is C13H8BrClO. The third kappa shape index (κ3) is 2.18. The van der Waals surface area contributed by atoms with Gasteiger partial charge in [0.25, 0.3) is 0 Å². The SMILES string of the molecule is O=Cc1cc(Cl)ccc1-c1ccccc1Br. The first-order valence-electron chi connectivity index (χ1n) is 4.72. The van der Waals surface area contributed by atoms with Crippen molar-refractivity contribution in [1.29, 1.82) is 0 Å². The van der Waals surface area contributed by atoms with Crippen molar-refractivity contribution in [1.82, 2.24) is 0 Å². The predicted octanol–water partition coefficient (Wildman–Crippen LogP) is 4.58. The molecule has 0 atom stereocenters. The Balaban J connectivity index is 2.65. The fourth-order valence-electron chi connectivity index (χ4n) is 1.56. The lowest BCUT2D eigenvalue weighted by Crippen LogP contribution is -1.88. The molecule has 0 bridgehead atoms. The molecular weight excluding hydrogens is 287 g/mol. The quantitative estimate of drug-likeness (QED) is 0.741. The highest BCUT2D eigenvalue weighted by Gasteiger charge is 2.07. The topological polar surface area (TPSA) is 17.1 Å². The van der Waals surface area contributed by atoms with Crippen LogP contribution in [0.25, 0.3) is 11.1 Å².